The first kappa shape index (κ1) is 15.8. The molecule has 1 aliphatic rings. The van der Waals surface area contributed by atoms with E-state index in [1.165, 1.54) is 6.07 Å². The van der Waals surface area contributed by atoms with Crippen LogP contribution in [-0.4, -0.2) is 28.6 Å². The Morgan fingerprint density at radius 1 is 1.52 bits per heavy atom. The number of piperidine rings is 1. The van der Waals surface area contributed by atoms with Gasteiger partial charge in [-0.25, -0.2) is 0 Å². The second-order valence-electron chi connectivity index (χ2n) is 5.29. The lowest BCUT2D eigenvalue weighted by molar-refractivity contribution is -0.385. The zero-order valence-electron chi connectivity index (χ0n) is 11.7. The van der Waals surface area contributed by atoms with Crippen LogP contribution in [0.4, 0.5) is 11.4 Å². The highest BCUT2D eigenvalue weighted by molar-refractivity contribution is 9.10. The van der Waals surface area contributed by atoms with E-state index >= 15 is 0 Å². The first-order chi connectivity index (χ1) is 9.90. The molecule has 1 atom stereocenters. The van der Waals surface area contributed by atoms with Gasteiger partial charge in [0.2, 0.25) is 0 Å². The molecule has 1 aromatic carbocycles. The number of halogens is 1. The zero-order chi connectivity index (χ0) is 15.6. The van der Waals surface area contributed by atoms with Crippen LogP contribution in [0, 0.1) is 17.0 Å². The van der Waals surface area contributed by atoms with Crippen molar-refractivity contribution < 1.29 is 14.8 Å². The summed E-state index contributed by atoms with van der Waals surface area (Å²) >= 11 is 3.39. The zero-order valence-corrected chi connectivity index (χ0v) is 13.3. The number of anilines is 1. The normalized spacial score (nSPS) is 18.6. The fourth-order valence-electron chi connectivity index (χ4n) is 2.80. The highest BCUT2D eigenvalue weighted by atomic mass is 79.9. The van der Waals surface area contributed by atoms with Crippen molar-refractivity contribution in [1.29, 1.82) is 0 Å². The standard InChI is InChI=1S/C14H17BrN2O4/c1-9-6-13(11(15)8-12(9)17(20)21)16-5-3-2-4-10(16)7-14(18)19/h6,8,10H,2-5,7H2,1H3,(H,18,19). The Hall–Kier alpha value is -1.63. The molecule has 1 saturated heterocycles. The maximum absolute atomic E-state index is 11.0. The van der Waals surface area contributed by atoms with E-state index in [1.807, 2.05) is 0 Å². The van der Waals surface area contributed by atoms with Crippen LogP contribution in [-0.2, 0) is 4.79 Å². The number of hydrogen-bond donors (Lipinski definition) is 1. The van der Waals surface area contributed by atoms with Crippen molar-refractivity contribution in [2.75, 3.05) is 11.4 Å². The van der Waals surface area contributed by atoms with E-state index in [9.17, 15) is 14.9 Å². The van der Waals surface area contributed by atoms with Gasteiger partial charge in [0.1, 0.15) is 0 Å². The molecule has 2 rings (SSSR count). The lowest BCUT2D eigenvalue weighted by Gasteiger charge is -2.37. The van der Waals surface area contributed by atoms with Crippen LogP contribution in [0.5, 0.6) is 0 Å². The third-order valence-electron chi connectivity index (χ3n) is 3.81. The summed E-state index contributed by atoms with van der Waals surface area (Å²) in [7, 11) is 0. The second-order valence-corrected chi connectivity index (χ2v) is 6.14. The number of carboxylic acid groups (broad SMARTS) is 1. The third-order valence-corrected chi connectivity index (χ3v) is 4.44. The van der Waals surface area contributed by atoms with Crippen LogP contribution in [0.25, 0.3) is 0 Å². The summed E-state index contributed by atoms with van der Waals surface area (Å²) in [4.78, 5) is 23.6. The molecule has 0 amide bonds. The molecule has 1 unspecified atom stereocenters. The van der Waals surface area contributed by atoms with Gasteiger partial charge in [-0.1, -0.05) is 0 Å². The molecule has 1 N–H and O–H groups in total. The van der Waals surface area contributed by atoms with Crippen LogP contribution in [0.3, 0.4) is 0 Å². The highest BCUT2D eigenvalue weighted by Crippen LogP contribution is 2.36. The Morgan fingerprint density at radius 2 is 2.24 bits per heavy atom. The summed E-state index contributed by atoms with van der Waals surface area (Å²) in [6, 6.07) is 3.20. The molecule has 1 fully saturated rings. The van der Waals surface area contributed by atoms with Gasteiger partial charge < -0.3 is 10.0 Å². The number of aliphatic carboxylic acids is 1. The molecular formula is C14H17BrN2O4. The molecule has 7 heteroatoms. The van der Waals surface area contributed by atoms with Gasteiger partial charge in [-0.3, -0.25) is 14.9 Å². The van der Waals surface area contributed by atoms with Gasteiger partial charge in [-0.05, 0) is 48.2 Å². The lowest BCUT2D eigenvalue weighted by atomic mass is 9.98. The van der Waals surface area contributed by atoms with E-state index in [1.54, 1.807) is 13.0 Å². The number of nitro groups is 1. The van der Waals surface area contributed by atoms with Crippen molar-refractivity contribution in [3.63, 3.8) is 0 Å². The number of aryl methyl sites for hydroxylation is 1. The van der Waals surface area contributed by atoms with Gasteiger partial charge in [0, 0.05) is 28.7 Å². The van der Waals surface area contributed by atoms with Gasteiger partial charge in [-0.15, -0.1) is 0 Å². The van der Waals surface area contributed by atoms with Gasteiger partial charge in [0.15, 0.2) is 0 Å². The van der Waals surface area contributed by atoms with E-state index in [2.05, 4.69) is 20.8 Å². The molecule has 0 bridgehead atoms. The number of nitro benzene ring substituents is 1. The van der Waals surface area contributed by atoms with Crippen molar-refractivity contribution in [1.82, 2.24) is 0 Å². The van der Waals surface area contributed by atoms with Crippen molar-refractivity contribution in [3.8, 4) is 0 Å². The molecule has 0 aliphatic carbocycles. The number of benzene rings is 1. The Kier molecular flexibility index (Phi) is 4.82. The number of hydrogen-bond acceptors (Lipinski definition) is 4. The quantitative estimate of drug-likeness (QED) is 0.659. The van der Waals surface area contributed by atoms with Crippen LogP contribution in [0.2, 0.25) is 0 Å². The fourth-order valence-corrected chi connectivity index (χ4v) is 3.36. The predicted octanol–water partition coefficient (Wildman–Crippen LogP) is 3.50. The van der Waals surface area contributed by atoms with E-state index in [0.29, 0.717) is 10.0 Å². The van der Waals surface area contributed by atoms with Crippen LogP contribution in [0.1, 0.15) is 31.2 Å². The maximum Gasteiger partial charge on any atom is 0.305 e. The second kappa shape index (κ2) is 6.43. The first-order valence-corrected chi connectivity index (χ1v) is 7.62. The van der Waals surface area contributed by atoms with Gasteiger partial charge in [0.05, 0.1) is 17.0 Å². The van der Waals surface area contributed by atoms with Crippen molar-refractivity contribution in [3.05, 3.63) is 32.3 Å². The summed E-state index contributed by atoms with van der Waals surface area (Å²) in [5, 5.41) is 20.0. The van der Waals surface area contributed by atoms with Gasteiger partial charge >= 0.3 is 5.97 Å². The molecule has 1 aromatic rings. The summed E-state index contributed by atoms with van der Waals surface area (Å²) < 4.78 is 0.636. The minimum atomic E-state index is -0.818. The van der Waals surface area contributed by atoms with Crippen LogP contribution >= 0.6 is 15.9 Å². The monoisotopic (exact) mass is 356 g/mol. The molecule has 6 nitrogen and oxygen atoms in total. The highest BCUT2D eigenvalue weighted by Gasteiger charge is 2.27. The third kappa shape index (κ3) is 3.53. The lowest BCUT2D eigenvalue weighted by Crippen LogP contribution is -2.41. The summed E-state index contributed by atoms with van der Waals surface area (Å²) in [6.07, 6.45) is 2.92. The van der Waals surface area contributed by atoms with Crippen molar-refractivity contribution >= 4 is 33.3 Å². The predicted molar refractivity (Wildman–Crippen MR) is 82.8 cm³/mol. The SMILES string of the molecule is Cc1cc(N2CCCCC2CC(=O)O)c(Br)cc1[N+](=O)[O-]. The Labute approximate surface area is 131 Å². The number of nitrogens with zero attached hydrogens (tertiary/aromatic N) is 2. The minimum Gasteiger partial charge on any atom is -0.481 e. The maximum atomic E-state index is 11.0. The van der Waals surface area contributed by atoms with Crippen LogP contribution < -0.4 is 4.90 Å². The van der Waals surface area contributed by atoms with Crippen molar-refractivity contribution in [2.45, 2.75) is 38.6 Å². The van der Waals surface area contributed by atoms with Crippen molar-refractivity contribution in [2.24, 2.45) is 0 Å². The minimum absolute atomic E-state index is 0.0617. The fraction of sp³-hybridized carbons (Fsp3) is 0.500. The van der Waals surface area contributed by atoms with Gasteiger partial charge in [0.25, 0.3) is 5.69 Å². The smallest absolute Gasteiger partial charge is 0.305 e. The molecule has 1 aliphatic heterocycles. The van der Waals surface area contributed by atoms with E-state index < -0.39 is 10.9 Å². The number of carbonyl (C=O) groups is 1. The Bertz CT molecular complexity index is 576. The Morgan fingerprint density at radius 3 is 2.86 bits per heavy atom. The average Bonchev–Trinajstić information content (AvgIpc) is 2.41. The Balaban J connectivity index is 2.36. The molecule has 0 spiro atoms. The van der Waals surface area contributed by atoms with Crippen LogP contribution in [0.15, 0.2) is 16.6 Å². The van der Waals surface area contributed by atoms with E-state index in [0.717, 1.165) is 31.5 Å². The number of rotatable bonds is 4. The van der Waals surface area contributed by atoms with Gasteiger partial charge in [-0.2, -0.15) is 0 Å². The molecule has 114 valence electrons. The topological polar surface area (TPSA) is 83.7 Å². The first-order valence-electron chi connectivity index (χ1n) is 6.83. The molecule has 0 saturated carbocycles. The molecule has 21 heavy (non-hydrogen) atoms. The van der Waals surface area contributed by atoms with E-state index in [4.69, 9.17) is 5.11 Å². The molecule has 0 aromatic heterocycles. The largest absolute Gasteiger partial charge is 0.481 e. The summed E-state index contributed by atoms with van der Waals surface area (Å²) in [5.41, 5.74) is 1.49. The molecule has 0 radical (unpaired) electrons. The summed E-state index contributed by atoms with van der Waals surface area (Å²) in [6.45, 7) is 2.47. The van der Waals surface area contributed by atoms with E-state index in [-0.39, 0.29) is 18.2 Å². The summed E-state index contributed by atoms with van der Waals surface area (Å²) in [5.74, 6) is -0.818. The molecular weight excluding hydrogens is 340 g/mol. The average molecular weight is 357 g/mol. The molecule has 1 heterocycles. The number of carboxylic acids is 1.